The minimum atomic E-state index is -2.70. The molecule has 37 heavy (non-hydrogen) atoms. The van der Waals surface area contributed by atoms with Crippen LogP contribution in [0.25, 0.3) is 10.4 Å². The number of benzene rings is 1. The Balaban J connectivity index is 1.94. The number of aliphatic carboxylic acids is 1. The van der Waals surface area contributed by atoms with Gasteiger partial charge in [0.1, 0.15) is 35.8 Å². The monoisotopic (exact) mass is 542 g/mol. The van der Waals surface area contributed by atoms with Crippen LogP contribution in [0.5, 0.6) is 0 Å². The number of thioether (sulfide) groups is 1. The van der Waals surface area contributed by atoms with Crippen LogP contribution in [0.1, 0.15) is 25.8 Å². The van der Waals surface area contributed by atoms with Crippen LogP contribution in [0, 0.1) is 12.8 Å². The fourth-order valence-electron chi connectivity index (χ4n) is 4.45. The molecule has 5 N–H and O–H groups in total. The van der Waals surface area contributed by atoms with Crippen molar-refractivity contribution in [1.82, 2.24) is 0 Å². The normalized spacial score (nSPS) is 37.8. The summed E-state index contributed by atoms with van der Waals surface area (Å²) >= 11 is 1.08. The third kappa shape index (κ3) is 6.37. The molecule has 0 radical (unpaired) electrons. The number of azide groups is 1. The minimum absolute atomic E-state index is 0.647. The van der Waals surface area contributed by atoms with E-state index in [-0.39, 0.29) is 0 Å². The first kappa shape index (κ1) is 29.6. The van der Waals surface area contributed by atoms with Crippen molar-refractivity contribution in [3.05, 3.63) is 40.3 Å². The van der Waals surface area contributed by atoms with Gasteiger partial charge < -0.3 is 49.6 Å². The van der Waals surface area contributed by atoms with Gasteiger partial charge in [-0.15, -0.1) is 0 Å². The highest BCUT2D eigenvalue weighted by Crippen LogP contribution is 2.41. The first-order valence-corrected chi connectivity index (χ1v) is 12.6. The maximum absolute atomic E-state index is 12.4. The molecule has 3 rings (SSSR count). The number of aliphatic hydroxyl groups is 5. The number of carboxylic acids is 1. The van der Waals surface area contributed by atoms with Gasteiger partial charge in [-0.3, -0.25) is 0 Å². The number of rotatable bonds is 9. The van der Waals surface area contributed by atoms with E-state index in [4.69, 9.17) is 19.7 Å². The van der Waals surface area contributed by atoms with E-state index in [1.54, 1.807) is 12.1 Å². The standard InChI is InChI=1S/C23H33N3O10S/c1-10-4-6-13(7-5-10)37-21-18(31)20(17(30)15(9-27)34-21)36-23(22(32)33)8-14(29)11(2)19(35-23)16(12(3)28)25-26-24/h4-7,11-12,14-21,27-31H,8-9H2,1-3H3,(H,32,33)/p-1/t11-,12-,14-,15?,16-,17+,18?,19?,20+,21+,23+/m1/s1. The second-order valence-corrected chi connectivity index (χ2v) is 10.6. The number of nitrogens with zero attached hydrogens (tertiary/aromatic N) is 3. The van der Waals surface area contributed by atoms with E-state index in [9.17, 15) is 35.4 Å². The zero-order valence-electron chi connectivity index (χ0n) is 20.5. The van der Waals surface area contributed by atoms with Crippen molar-refractivity contribution in [2.75, 3.05) is 6.61 Å². The summed E-state index contributed by atoms with van der Waals surface area (Å²) in [5.74, 6) is -5.40. The molecule has 14 heteroatoms. The molecule has 0 aromatic heterocycles. The summed E-state index contributed by atoms with van der Waals surface area (Å²) in [5.41, 5.74) is 8.85. The van der Waals surface area contributed by atoms with Gasteiger partial charge in [0.15, 0.2) is 0 Å². The molecule has 2 aliphatic heterocycles. The van der Waals surface area contributed by atoms with Crippen molar-refractivity contribution < 1.29 is 49.6 Å². The number of ether oxygens (including phenoxy) is 3. The lowest BCUT2D eigenvalue weighted by Gasteiger charge is -2.51. The van der Waals surface area contributed by atoms with E-state index in [0.717, 1.165) is 17.3 Å². The topological polar surface area (TPSA) is 218 Å². The van der Waals surface area contributed by atoms with Crippen molar-refractivity contribution in [2.24, 2.45) is 11.0 Å². The van der Waals surface area contributed by atoms with Crippen molar-refractivity contribution >= 4 is 17.7 Å². The van der Waals surface area contributed by atoms with Crippen molar-refractivity contribution in [3.8, 4) is 0 Å². The molecule has 2 aliphatic rings. The third-order valence-electron chi connectivity index (χ3n) is 6.68. The van der Waals surface area contributed by atoms with Gasteiger partial charge in [-0.1, -0.05) is 41.5 Å². The predicted molar refractivity (Wildman–Crippen MR) is 127 cm³/mol. The number of aryl methyl sites for hydroxylation is 1. The van der Waals surface area contributed by atoms with Gasteiger partial charge in [0.2, 0.25) is 5.79 Å². The Hall–Kier alpha value is -1.97. The highest BCUT2D eigenvalue weighted by molar-refractivity contribution is 7.99. The summed E-state index contributed by atoms with van der Waals surface area (Å²) in [6, 6.07) is 5.96. The summed E-state index contributed by atoms with van der Waals surface area (Å²) in [7, 11) is 0. The van der Waals surface area contributed by atoms with Crippen molar-refractivity contribution in [1.29, 1.82) is 0 Å². The average molecular weight is 543 g/mol. The first-order valence-electron chi connectivity index (χ1n) is 11.8. The number of carboxylic acid groups (broad SMARTS) is 1. The largest absolute Gasteiger partial charge is 0.544 e. The zero-order valence-corrected chi connectivity index (χ0v) is 21.3. The fourth-order valence-corrected chi connectivity index (χ4v) is 5.50. The molecule has 0 saturated carbocycles. The van der Waals surface area contributed by atoms with Crippen LogP contribution in [0.2, 0.25) is 0 Å². The van der Waals surface area contributed by atoms with Crippen LogP contribution in [0.4, 0.5) is 0 Å². The van der Waals surface area contributed by atoms with Gasteiger partial charge >= 0.3 is 0 Å². The second kappa shape index (κ2) is 12.3. The average Bonchev–Trinajstić information content (AvgIpc) is 2.85. The number of aliphatic hydroxyl groups excluding tert-OH is 5. The maximum atomic E-state index is 12.4. The molecule has 11 atom stereocenters. The highest BCUT2D eigenvalue weighted by atomic mass is 32.2. The van der Waals surface area contributed by atoms with Gasteiger partial charge in [-0.25, -0.2) is 0 Å². The molecule has 1 aromatic rings. The maximum Gasteiger partial charge on any atom is 0.212 e. The Morgan fingerprint density at radius 1 is 1.32 bits per heavy atom. The third-order valence-corrected chi connectivity index (χ3v) is 7.84. The number of hydrogen-bond donors (Lipinski definition) is 5. The van der Waals surface area contributed by atoms with Gasteiger partial charge in [0, 0.05) is 22.1 Å². The zero-order chi connectivity index (χ0) is 27.5. The van der Waals surface area contributed by atoms with E-state index in [1.807, 2.05) is 19.1 Å². The van der Waals surface area contributed by atoms with Crippen LogP contribution in [-0.4, -0.2) is 98.1 Å². The number of hydrogen-bond acceptors (Lipinski definition) is 12. The molecule has 0 aliphatic carbocycles. The van der Waals surface area contributed by atoms with Gasteiger partial charge in [0.25, 0.3) is 0 Å². The second-order valence-electron chi connectivity index (χ2n) is 9.41. The molecular formula is C23H32N3O10S-. The SMILES string of the molecule is Cc1ccc(S[C@@H]2OC(CO)[C@H](O)[C@H](O[C@]3(C(=O)[O-])C[C@@H](O)[C@@H](C)C([C@H](N=[N+]=[N-])[C@@H](C)O)O3)C2O)cc1. The van der Waals surface area contributed by atoms with E-state index >= 15 is 0 Å². The molecule has 3 unspecified atom stereocenters. The predicted octanol–water partition coefficient (Wildman–Crippen LogP) is -0.797. The smallest absolute Gasteiger partial charge is 0.212 e. The van der Waals surface area contributed by atoms with E-state index in [2.05, 4.69) is 10.0 Å². The number of carbonyl (C=O) groups is 1. The lowest BCUT2D eigenvalue weighted by molar-refractivity contribution is -0.398. The van der Waals surface area contributed by atoms with Crippen LogP contribution >= 0.6 is 11.8 Å². The molecule has 0 bridgehead atoms. The van der Waals surface area contributed by atoms with E-state index in [0.29, 0.717) is 4.90 Å². The first-order chi connectivity index (χ1) is 17.4. The van der Waals surface area contributed by atoms with Crippen LogP contribution < -0.4 is 5.11 Å². The lowest BCUT2D eigenvalue weighted by atomic mass is 9.83. The Morgan fingerprint density at radius 3 is 2.51 bits per heavy atom. The molecule has 2 fully saturated rings. The number of carbonyl (C=O) groups excluding carboxylic acids is 1. The molecular weight excluding hydrogens is 510 g/mol. The summed E-state index contributed by atoms with van der Waals surface area (Å²) in [6.45, 7) is 4.06. The molecule has 1 aromatic carbocycles. The minimum Gasteiger partial charge on any atom is -0.544 e. The summed E-state index contributed by atoms with van der Waals surface area (Å²) < 4.78 is 17.1. The van der Waals surface area contributed by atoms with Crippen molar-refractivity contribution in [3.63, 3.8) is 0 Å². The molecule has 2 heterocycles. The molecule has 2 saturated heterocycles. The molecule has 0 spiro atoms. The van der Waals surface area contributed by atoms with Gasteiger partial charge in [-0.05, 0) is 31.5 Å². The van der Waals surface area contributed by atoms with Crippen LogP contribution in [0.15, 0.2) is 34.3 Å². The lowest BCUT2D eigenvalue weighted by Crippen LogP contribution is -2.68. The molecule has 13 nitrogen and oxygen atoms in total. The van der Waals surface area contributed by atoms with Gasteiger partial charge in [0.05, 0.1) is 31.0 Å². The summed E-state index contributed by atoms with van der Waals surface area (Å²) in [6.07, 6.45) is -10.8. The van der Waals surface area contributed by atoms with Crippen molar-refractivity contribution in [2.45, 2.75) is 92.1 Å². The summed E-state index contributed by atoms with van der Waals surface area (Å²) in [5, 5.41) is 68.3. The highest BCUT2D eigenvalue weighted by Gasteiger charge is 2.55. The Bertz CT molecular complexity index is 978. The Kier molecular flexibility index (Phi) is 9.80. The summed E-state index contributed by atoms with van der Waals surface area (Å²) in [4.78, 5) is 15.8. The van der Waals surface area contributed by atoms with Crippen LogP contribution in [0.3, 0.4) is 0 Å². The Labute approximate surface area is 217 Å². The quantitative estimate of drug-likeness (QED) is 0.148. The molecule has 206 valence electrons. The van der Waals surface area contributed by atoms with Gasteiger partial charge in [-0.2, -0.15) is 0 Å². The van der Waals surface area contributed by atoms with Crippen LogP contribution in [-0.2, 0) is 19.0 Å². The van der Waals surface area contributed by atoms with E-state index in [1.165, 1.54) is 13.8 Å². The molecule has 0 amide bonds. The van der Waals surface area contributed by atoms with E-state index < -0.39 is 84.9 Å². The fraction of sp³-hybridized carbons (Fsp3) is 0.696. The Morgan fingerprint density at radius 2 is 1.97 bits per heavy atom.